The average Bonchev–Trinajstić information content (AvgIpc) is 2.93. The van der Waals surface area contributed by atoms with Crippen LogP contribution in [-0.4, -0.2) is 14.3 Å². The molecule has 0 radical (unpaired) electrons. The van der Waals surface area contributed by atoms with Crippen LogP contribution in [0.5, 0.6) is 0 Å². The molecule has 0 aliphatic rings. The van der Waals surface area contributed by atoms with Gasteiger partial charge in [-0.2, -0.15) is 0 Å². The number of benzene rings is 5. The van der Waals surface area contributed by atoms with Gasteiger partial charge in [0.2, 0.25) is 0 Å². The van der Waals surface area contributed by atoms with Crippen LogP contribution in [0.3, 0.4) is 0 Å². The van der Waals surface area contributed by atoms with Crippen LogP contribution in [0.15, 0.2) is 125 Å². The molecule has 190 valence electrons. The van der Waals surface area contributed by atoms with Crippen LogP contribution in [0.1, 0.15) is 15.9 Å². The maximum Gasteiger partial charge on any atom is 0.261 e. The molecule has 2 N–H and O–H groups in total. The molecule has 0 spiro atoms. The van der Waals surface area contributed by atoms with Crippen LogP contribution in [0, 0.1) is 0 Å². The van der Waals surface area contributed by atoms with Gasteiger partial charge in [0.25, 0.3) is 15.9 Å². The minimum atomic E-state index is -3.81. The van der Waals surface area contributed by atoms with E-state index in [1.54, 1.807) is 42.1 Å². The van der Waals surface area contributed by atoms with E-state index in [9.17, 15) is 13.2 Å². The monoisotopic (exact) mass is 558 g/mol. The number of carbonyl (C=O) groups is 1. The van der Waals surface area contributed by atoms with Crippen LogP contribution in [0.2, 0.25) is 5.02 Å². The maximum atomic E-state index is 13.0. The third kappa shape index (κ3) is 6.19. The molecule has 0 aliphatic carbocycles. The first kappa shape index (κ1) is 25.9. The molecule has 38 heavy (non-hydrogen) atoms. The molecule has 5 rings (SSSR count). The molecule has 8 heteroatoms. The van der Waals surface area contributed by atoms with Crippen molar-refractivity contribution in [3.05, 3.63) is 131 Å². The maximum absolute atomic E-state index is 13.0. The summed E-state index contributed by atoms with van der Waals surface area (Å²) < 4.78 is 28.6. The van der Waals surface area contributed by atoms with Crippen molar-refractivity contribution in [2.24, 2.45) is 0 Å². The smallest absolute Gasteiger partial charge is 0.261 e. The van der Waals surface area contributed by atoms with E-state index in [4.69, 9.17) is 11.6 Å². The second-order valence-corrected chi connectivity index (χ2v) is 11.7. The Bertz CT molecular complexity index is 1680. The first-order chi connectivity index (χ1) is 18.4. The number of hydrogen-bond donors (Lipinski definition) is 2. The molecule has 0 bridgehead atoms. The third-order valence-corrected chi connectivity index (χ3v) is 8.61. The van der Waals surface area contributed by atoms with Gasteiger partial charge in [0.1, 0.15) is 0 Å². The van der Waals surface area contributed by atoms with Gasteiger partial charge in [0, 0.05) is 32.3 Å². The lowest BCUT2D eigenvalue weighted by Gasteiger charge is -2.12. The Kier molecular flexibility index (Phi) is 7.69. The molecule has 5 aromatic rings. The van der Waals surface area contributed by atoms with Gasteiger partial charge in [-0.3, -0.25) is 9.52 Å². The fraction of sp³-hybridized carbons (Fsp3) is 0.0333. The standard InChI is InChI=1S/C30H23ClN2O3S2/c31-24-12-16-26(17-13-24)37-20-21-8-10-23(11-9-21)30(34)32-25-14-18-27(19-15-25)38(35,36)33-29-7-3-5-22-4-1-2-6-28(22)29/h1-19,33H,20H2,(H,32,34). The molecule has 0 fully saturated rings. The van der Waals surface area contributed by atoms with Gasteiger partial charge in [-0.05, 0) is 77.7 Å². The quantitative estimate of drug-likeness (QED) is 0.190. The highest BCUT2D eigenvalue weighted by atomic mass is 35.5. The number of amides is 1. The van der Waals surface area contributed by atoms with E-state index in [0.29, 0.717) is 22.0 Å². The molecular weight excluding hydrogens is 536 g/mol. The minimum Gasteiger partial charge on any atom is -0.322 e. The number of thioether (sulfide) groups is 1. The Balaban J connectivity index is 1.21. The van der Waals surface area contributed by atoms with E-state index in [2.05, 4.69) is 10.0 Å². The van der Waals surface area contributed by atoms with E-state index in [1.807, 2.05) is 72.8 Å². The molecular formula is C30H23ClN2O3S2. The Morgan fingerprint density at radius 1 is 0.763 bits per heavy atom. The summed E-state index contributed by atoms with van der Waals surface area (Å²) in [5.41, 5.74) is 2.62. The fourth-order valence-corrected chi connectivity index (χ4v) is 5.95. The molecule has 0 aliphatic heterocycles. The van der Waals surface area contributed by atoms with Crippen LogP contribution in [0.4, 0.5) is 11.4 Å². The number of fused-ring (bicyclic) bond motifs is 1. The lowest BCUT2D eigenvalue weighted by atomic mass is 10.1. The van der Waals surface area contributed by atoms with Crippen molar-refractivity contribution in [3.8, 4) is 0 Å². The van der Waals surface area contributed by atoms with Gasteiger partial charge in [0.05, 0.1) is 10.6 Å². The lowest BCUT2D eigenvalue weighted by Crippen LogP contribution is -2.14. The summed E-state index contributed by atoms with van der Waals surface area (Å²) >= 11 is 7.62. The largest absolute Gasteiger partial charge is 0.322 e. The van der Waals surface area contributed by atoms with Crippen LogP contribution in [0.25, 0.3) is 10.8 Å². The molecule has 0 aromatic heterocycles. The summed E-state index contributed by atoms with van der Waals surface area (Å²) in [4.78, 5) is 13.9. The lowest BCUT2D eigenvalue weighted by molar-refractivity contribution is 0.102. The number of rotatable bonds is 8. The summed E-state index contributed by atoms with van der Waals surface area (Å²) in [6.07, 6.45) is 0. The molecule has 0 heterocycles. The SMILES string of the molecule is O=C(Nc1ccc(S(=O)(=O)Nc2cccc3ccccc23)cc1)c1ccc(CSc2ccc(Cl)cc2)cc1. The third-order valence-electron chi connectivity index (χ3n) is 5.89. The predicted molar refractivity (Wildman–Crippen MR) is 157 cm³/mol. The number of sulfonamides is 1. The summed E-state index contributed by atoms with van der Waals surface area (Å²) in [7, 11) is -3.81. The topological polar surface area (TPSA) is 75.3 Å². The van der Waals surface area contributed by atoms with Gasteiger partial charge in [0.15, 0.2) is 0 Å². The zero-order valence-electron chi connectivity index (χ0n) is 20.1. The van der Waals surface area contributed by atoms with Crippen molar-refractivity contribution in [3.63, 3.8) is 0 Å². The van der Waals surface area contributed by atoms with Gasteiger partial charge in [-0.25, -0.2) is 8.42 Å². The molecule has 0 atom stereocenters. The zero-order chi connectivity index (χ0) is 26.5. The minimum absolute atomic E-state index is 0.103. The van der Waals surface area contributed by atoms with Crippen LogP contribution in [-0.2, 0) is 15.8 Å². The van der Waals surface area contributed by atoms with Gasteiger partial charge in [-0.15, -0.1) is 11.8 Å². The van der Waals surface area contributed by atoms with E-state index >= 15 is 0 Å². The van der Waals surface area contributed by atoms with Gasteiger partial charge in [-0.1, -0.05) is 60.1 Å². The van der Waals surface area contributed by atoms with Crippen molar-refractivity contribution in [2.45, 2.75) is 15.5 Å². The zero-order valence-corrected chi connectivity index (χ0v) is 22.5. The summed E-state index contributed by atoms with van der Waals surface area (Å²) in [5, 5.41) is 5.29. The first-order valence-corrected chi connectivity index (χ1v) is 14.6. The average molecular weight is 559 g/mol. The highest BCUT2D eigenvalue weighted by Crippen LogP contribution is 2.27. The van der Waals surface area contributed by atoms with Crippen molar-refractivity contribution in [2.75, 3.05) is 10.0 Å². The molecule has 5 nitrogen and oxygen atoms in total. The Labute approximate surface area is 230 Å². The second kappa shape index (κ2) is 11.3. The number of carbonyl (C=O) groups excluding carboxylic acids is 1. The van der Waals surface area contributed by atoms with Crippen molar-refractivity contribution >= 4 is 61.4 Å². The van der Waals surface area contributed by atoms with Crippen molar-refractivity contribution < 1.29 is 13.2 Å². The Morgan fingerprint density at radius 3 is 2.18 bits per heavy atom. The summed E-state index contributed by atoms with van der Waals surface area (Å²) in [5.74, 6) is 0.498. The van der Waals surface area contributed by atoms with E-state index in [0.717, 1.165) is 27.0 Å². The van der Waals surface area contributed by atoms with Gasteiger partial charge >= 0.3 is 0 Å². The Hall–Kier alpha value is -3.78. The second-order valence-electron chi connectivity index (χ2n) is 8.55. The first-order valence-electron chi connectivity index (χ1n) is 11.8. The van der Waals surface area contributed by atoms with E-state index in [1.165, 1.54) is 12.1 Å². The predicted octanol–water partition coefficient (Wildman–Crippen LogP) is 7.84. The molecule has 5 aromatic carbocycles. The van der Waals surface area contributed by atoms with Crippen LogP contribution < -0.4 is 10.0 Å². The number of anilines is 2. The highest BCUT2D eigenvalue weighted by Gasteiger charge is 2.16. The van der Waals surface area contributed by atoms with Crippen molar-refractivity contribution in [1.82, 2.24) is 0 Å². The molecule has 0 saturated heterocycles. The van der Waals surface area contributed by atoms with Crippen molar-refractivity contribution in [1.29, 1.82) is 0 Å². The van der Waals surface area contributed by atoms with E-state index in [-0.39, 0.29) is 10.8 Å². The molecule has 0 saturated carbocycles. The number of halogens is 1. The fourth-order valence-electron chi connectivity index (χ4n) is 3.89. The molecule has 0 unspecified atom stereocenters. The summed E-state index contributed by atoms with van der Waals surface area (Å²) in [6, 6.07) is 34.2. The highest BCUT2D eigenvalue weighted by molar-refractivity contribution is 7.98. The summed E-state index contributed by atoms with van der Waals surface area (Å²) in [6.45, 7) is 0. The van der Waals surface area contributed by atoms with Crippen LogP contribution >= 0.6 is 23.4 Å². The normalized spacial score (nSPS) is 11.3. The number of nitrogens with one attached hydrogen (secondary N) is 2. The number of hydrogen-bond acceptors (Lipinski definition) is 4. The van der Waals surface area contributed by atoms with E-state index < -0.39 is 10.0 Å². The van der Waals surface area contributed by atoms with Gasteiger partial charge < -0.3 is 5.32 Å². The molecule has 1 amide bonds. The Morgan fingerprint density at radius 2 is 1.45 bits per heavy atom.